The zero-order valence-corrected chi connectivity index (χ0v) is 14.2. The van der Waals surface area contributed by atoms with Gasteiger partial charge in [0.2, 0.25) is 5.91 Å². The second-order valence-electron chi connectivity index (χ2n) is 6.79. The monoisotopic (exact) mass is 337 g/mol. The van der Waals surface area contributed by atoms with Crippen LogP contribution in [0.15, 0.2) is 36.4 Å². The van der Waals surface area contributed by atoms with Crippen LogP contribution in [0.2, 0.25) is 0 Å². The third-order valence-electron chi connectivity index (χ3n) is 5.00. The van der Waals surface area contributed by atoms with Gasteiger partial charge in [-0.2, -0.15) is 0 Å². The predicted octanol–water partition coefficient (Wildman–Crippen LogP) is 3.56. The highest BCUT2D eigenvalue weighted by Crippen LogP contribution is 2.27. The lowest BCUT2D eigenvalue weighted by atomic mass is 9.85. The number of aromatic nitrogens is 2. The summed E-state index contributed by atoms with van der Waals surface area (Å²) in [7, 11) is 0. The zero-order chi connectivity index (χ0) is 17.1. The Morgan fingerprint density at radius 1 is 0.920 bits per heavy atom. The maximum absolute atomic E-state index is 11.9. The molecule has 6 heteroatoms. The average Bonchev–Trinajstić information content (AvgIpc) is 3.10. The van der Waals surface area contributed by atoms with Crippen molar-refractivity contribution in [2.45, 2.75) is 32.1 Å². The minimum atomic E-state index is 0.0544. The van der Waals surface area contributed by atoms with E-state index < -0.39 is 0 Å². The normalized spacial score (nSPS) is 17.2. The maximum Gasteiger partial charge on any atom is 0.228 e. The fourth-order valence-corrected chi connectivity index (χ4v) is 3.24. The summed E-state index contributed by atoms with van der Waals surface area (Å²) in [5, 5.41) is 14.3. The molecule has 2 fully saturated rings. The summed E-state index contributed by atoms with van der Waals surface area (Å²) in [6.07, 6.45) is 5.65. The Labute approximate surface area is 147 Å². The first-order valence-electron chi connectivity index (χ1n) is 9.04. The minimum Gasteiger partial charge on any atom is -0.372 e. The largest absolute Gasteiger partial charge is 0.372 e. The highest BCUT2D eigenvalue weighted by atomic mass is 16.2. The molecule has 1 aliphatic heterocycles. The molecule has 25 heavy (non-hydrogen) atoms. The van der Waals surface area contributed by atoms with E-state index in [1.165, 1.54) is 18.5 Å². The van der Waals surface area contributed by atoms with Gasteiger partial charge in [-0.25, -0.2) is 0 Å². The molecule has 0 spiro atoms. The molecule has 6 nitrogen and oxygen atoms in total. The number of hydrogen-bond acceptors (Lipinski definition) is 5. The van der Waals surface area contributed by atoms with Crippen LogP contribution < -0.4 is 15.5 Å². The molecule has 1 aromatic carbocycles. The lowest BCUT2D eigenvalue weighted by Crippen LogP contribution is -2.28. The number of benzene rings is 1. The topological polar surface area (TPSA) is 70.2 Å². The summed E-state index contributed by atoms with van der Waals surface area (Å²) in [6.45, 7) is 2.29. The van der Waals surface area contributed by atoms with Gasteiger partial charge in [-0.3, -0.25) is 4.79 Å². The van der Waals surface area contributed by atoms with Crippen molar-refractivity contribution >= 4 is 28.9 Å². The van der Waals surface area contributed by atoms with E-state index in [0.29, 0.717) is 11.6 Å². The van der Waals surface area contributed by atoms with Crippen LogP contribution in [0, 0.1) is 5.92 Å². The molecule has 130 valence electrons. The first-order chi connectivity index (χ1) is 12.3. The second kappa shape index (κ2) is 7.09. The van der Waals surface area contributed by atoms with Crippen molar-refractivity contribution < 1.29 is 4.79 Å². The van der Waals surface area contributed by atoms with Gasteiger partial charge in [0.25, 0.3) is 0 Å². The van der Waals surface area contributed by atoms with E-state index in [9.17, 15) is 4.79 Å². The Hall–Kier alpha value is -2.63. The van der Waals surface area contributed by atoms with E-state index in [1.54, 1.807) is 6.07 Å². The van der Waals surface area contributed by atoms with Crippen LogP contribution in [0.5, 0.6) is 0 Å². The molecular formula is C19H23N5O. The van der Waals surface area contributed by atoms with Gasteiger partial charge in [0, 0.05) is 30.4 Å². The third-order valence-corrected chi connectivity index (χ3v) is 5.00. The summed E-state index contributed by atoms with van der Waals surface area (Å²) in [4.78, 5) is 14.3. The summed E-state index contributed by atoms with van der Waals surface area (Å²) in [6, 6.07) is 12.0. The van der Waals surface area contributed by atoms with E-state index in [1.807, 2.05) is 6.07 Å². The fourth-order valence-electron chi connectivity index (χ4n) is 3.24. The van der Waals surface area contributed by atoms with Gasteiger partial charge in [-0.15, -0.1) is 10.2 Å². The number of nitrogens with zero attached hydrogens (tertiary/aromatic N) is 3. The van der Waals surface area contributed by atoms with E-state index in [4.69, 9.17) is 0 Å². The molecular weight excluding hydrogens is 314 g/mol. The lowest BCUT2D eigenvalue weighted by molar-refractivity contribution is -0.122. The average molecular weight is 337 g/mol. The number of rotatable bonds is 5. The van der Waals surface area contributed by atoms with Crippen LogP contribution in [0.4, 0.5) is 23.0 Å². The van der Waals surface area contributed by atoms with Crippen molar-refractivity contribution in [2.75, 3.05) is 28.6 Å². The minimum absolute atomic E-state index is 0.0544. The van der Waals surface area contributed by atoms with Crippen molar-refractivity contribution in [3.63, 3.8) is 0 Å². The number of hydrogen-bond donors (Lipinski definition) is 2. The number of carbonyl (C=O) groups is 1. The number of amides is 1. The Kier molecular flexibility index (Phi) is 4.50. The highest BCUT2D eigenvalue weighted by Gasteiger charge is 2.25. The molecule has 2 aliphatic rings. The molecule has 2 aromatic rings. The van der Waals surface area contributed by atoms with Gasteiger partial charge in [-0.1, -0.05) is 6.42 Å². The summed E-state index contributed by atoms with van der Waals surface area (Å²) in [5.41, 5.74) is 2.24. The molecule has 1 saturated carbocycles. The summed E-state index contributed by atoms with van der Waals surface area (Å²) >= 11 is 0. The Morgan fingerprint density at radius 2 is 1.60 bits per heavy atom. The standard InChI is InChI=1S/C19H23N5O/c25-19(14-4-3-5-14)21-18-11-10-17(22-23-18)20-15-6-8-16(9-7-15)24-12-1-2-13-24/h6-11,14H,1-5,12-13H2,(H,20,22)(H,21,23,25). The van der Waals surface area contributed by atoms with Gasteiger partial charge in [-0.05, 0) is 62.1 Å². The van der Waals surface area contributed by atoms with E-state index in [2.05, 4.69) is 50.0 Å². The van der Waals surface area contributed by atoms with Crippen molar-refractivity contribution in [2.24, 2.45) is 5.92 Å². The highest BCUT2D eigenvalue weighted by molar-refractivity contribution is 5.92. The molecule has 1 aliphatic carbocycles. The number of anilines is 4. The van der Waals surface area contributed by atoms with Gasteiger partial charge < -0.3 is 15.5 Å². The van der Waals surface area contributed by atoms with Crippen molar-refractivity contribution in [1.29, 1.82) is 0 Å². The molecule has 4 rings (SSSR count). The third kappa shape index (κ3) is 3.73. The van der Waals surface area contributed by atoms with Crippen LogP contribution >= 0.6 is 0 Å². The van der Waals surface area contributed by atoms with Crippen LogP contribution in [-0.4, -0.2) is 29.2 Å². The SMILES string of the molecule is O=C(Nc1ccc(Nc2ccc(N3CCCC3)cc2)nn1)C1CCC1. The molecule has 1 saturated heterocycles. The molecule has 1 amide bonds. The molecule has 0 radical (unpaired) electrons. The van der Waals surface area contributed by atoms with Gasteiger partial charge in [0.15, 0.2) is 11.6 Å². The van der Waals surface area contributed by atoms with Gasteiger partial charge in [0.1, 0.15) is 0 Å². The Balaban J connectivity index is 1.34. The lowest BCUT2D eigenvalue weighted by Gasteiger charge is -2.23. The van der Waals surface area contributed by atoms with Crippen molar-refractivity contribution in [1.82, 2.24) is 10.2 Å². The van der Waals surface area contributed by atoms with Crippen LogP contribution in [0.25, 0.3) is 0 Å². The van der Waals surface area contributed by atoms with E-state index >= 15 is 0 Å². The van der Waals surface area contributed by atoms with E-state index in [0.717, 1.165) is 38.0 Å². The smallest absolute Gasteiger partial charge is 0.228 e. The van der Waals surface area contributed by atoms with Gasteiger partial charge in [0.05, 0.1) is 0 Å². The molecule has 0 unspecified atom stereocenters. The van der Waals surface area contributed by atoms with Gasteiger partial charge >= 0.3 is 0 Å². The molecule has 0 atom stereocenters. The van der Waals surface area contributed by atoms with Crippen molar-refractivity contribution in [3.05, 3.63) is 36.4 Å². The maximum atomic E-state index is 11.9. The zero-order valence-electron chi connectivity index (χ0n) is 14.2. The first kappa shape index (κ1) is 15.9. The van der Waals surface area contributed by atoms with Crippen LogP contribution in [-0.2, 0) is 4.79 Å². The number of carbonyl (C=O) groups excluding carboxylic acids is 1. The van der Waals surface area contributed by atoms with Crippen LogP contribution in [0.3, 0.4) is 0 Å². The summed E-state index contributed by atoms with van der Waals surface area (Å²) < 4.78 is 0. The quantitative estimate of drug-likeness (QED) is 0.873. The fraction of sp³-hybridized carbons (Fsp3) is 0.421. The summed E-state index contributed by atoms with van der Waals surface area (Å²) in [5.74, 6) is 1.37. The van der Waals surface area contributed by atoms with E-state index in [-0.39, 0.29) is 11.8 Å². The molecule has 0 bridgehead atoms. The first-order valence-corrected chi connectivity index (χ1v) is 9.04. The van der Waals surface area contributed by atoms with Crippen LogP contribution in [0.1, 0.15) is 32.1 Å². The molecule has 2 N–H and O–H groups in total. The number of nitrogens with one attached hydrogen (secondary N) is 2. The Morgan fingerprint density at radius 3 is 2.20 bits per heavy atom. The Bertz CT molecular complexity index is 718. The predicted molar refractivity (Wildman–Crippen MR) is 99.2 cm³/mol. The second-order valence-corrected chi connectivity index (χ2v) is 6.79. The molecule has 2 heterocycles. The molecule has 1 aromatic heterocycles. The van der Waals surface area contributed by atoms with Crippen molar-refractivity contribution in [3.8, 4) is 0 Å².